The van der Waals surface area contributed by atoms with Gasteiger partial charge in [0, 0.05) is 18.3 Å². The number of hydrogen-bond donors (Lipinski definition) is 1. The lowest BCUT2D eigenvalue weighted by atomic mass is 9.89. The third-order valence-corrected chi connectivity index (χ3v) is 5.97. The lowest BCUT2D eigenvalue weighted by Gasteiger charge is -2.22. The van der Waals surface area contributed by atoms with Gasteiger partial charge in [0.15, 0.2) is 0 Å². The Morgan fingerprint density at radius 3 is 2.16 bits per heavy atom. The smallest absolute Gasteiger partial charge is 0.342 e. The third kappa shape index (κ3) is 6.36. The van der Waals surface area contributed by atoms with E-state index in [4.69, 9.17) is 9.47 Å². The van der Waals surface area contributed by atoms with Crippen molar-refractivity contribution in [3.8, 4) is 5.75 Å². The molecule has 0 spiro atoms. The van der Waals surface area contributed by atoms with Gasteiger partial charge in [0.05, 0.1) is 0 Å². The fourth-order valence-corrected chi connectivity index (χ4v) is 4.11. The van der Waals surface area contributed by atoms with Crippen molar-refractivity contribution in [3.05, 3.63) is 95.6 Å². The summed E-state index contributed by atoms with van der Waals surface area (Å²) in [6, 6.07) is 25.3. The minimum absolute atomic E-state index is 0.236. The van der Waals surface area contributed by atoms with Crippen LogP contribution in [0.25, 0.3) is 0 Å². The van der Waals surface area contributed by atoms with Gasteiger partial charge in [0.1, 0.15) is 24.5 Å². The molecule has 0 unspecified atom stereocenters. The molecule has 166 valence electrons. The molecule has 0 heterocycles. The van der Waals surface area contributed by atoms with Crippen molar-refractivity contribution in [2.45, 2.75) is 45.3 Å². The lowest BCUT2D eigenvalue weighted by molar-refractivity contribution is 0.0467. The molecule has 1 fully saturated rings. The van der Waals surface area contributed by atoms with Gasteiger partial charge in [-0.25, -0.2) is 4.79 Å². The number of benzene rings is 3. The Labute approximate surface area is 190 Å². The second-order valence-corrected chi connectivity index (χ2v) is 8.43. The normalized spacial score (nSPS) is 14.0. The van der Waals surface area contributed by atoms with Crippen molar-refractivity contribution in [1.82, 2.24) is 0 Å². The molecule has 1 N–H and O–H groups in total. The molecule has 1 aliphatic carbocycles. The fourth-order valence-electron chi connectivity index (χ4n) is 4.11. The van der Waals surface area contributed by atoms with Gasteiger partial charge < -0.3 is 14.8 Å². The van der Waals surface area contributed by atoms with Gasteiger partial charge in [-0.05, 0) is 42.0 Å². The van der Waals surface area contributed by atoms with Crippen molar-refractivity contribution in [1.29, 1.82) is 0 Å². The SMILES string of the molecule is O=C(OCc1ccccc1)c1ccc(NCC2CCCCC2)cc1OCc1ccccc1. The maximum absolute atomic E-state index is 12.8. The summed E-state index contributed by atoms with van der Waals surface area (Å²) in [5.41, 5.74) is 3.42. The van der Waals surface area contributed by atoms with E-state index in [0.29, 0.717) is 23.8 Å². The lowest BCUT2D eigenvalue weighted by Crippen LogP contribution is -2.17. The monoisotopic (exact) mass is 429 g/mol. The summed E-state index contributed by atoms with van der Waals surface area (Å²) in [6.07, 6.45) is 6.57. The zero-order chi connectivity index (χ0) is 22.0. The van der Waals surface area contributed by atoms with Gasteiger partial charge >= 0.3 is 5.97 Å². The fraction of sp³-hybridized carbons (Fsp3) is 0.321. The van der Waals surface area contributed by atoms with E-state index in [9.17, 15) is 4.79 Å². The minimum Gasteiger partial charge on any atom is -0.488 e. The highest BCUT2D eigenvalue weighted by Gasteiger charge is 2.17. The Kier molecular flexibility index (Phi) is 7.80. The summed E-state index contributed by atoms with van der Waals surface area (Å²) >= 11 is 0. The number of carbonyl (C=O) groups excluding carboxylic acids is 1. The first kappa shape index (κ1) is 21.9. The number of anilines is 1. The van der Waals surface area contributed by atoms with Gasteiger partial charge in [-0.15, -0.1) is 0 Å². The molecule has 0 aliphatic heterocycles. The molecular formula is C28H31NO3. The Balaban J connectivity index is 1.45. The van der Waals surface area contributed by atoms with Gasteiger partial charge in [-0.3, -0.25) is 0 Å². The molecule has 1 saturated carbocycles. The molecule has 0 bridgehead atoms. The Hall–Kier alpha value is -3.27. The topological polar surface area (TPSA) is 47.6 Å². The zero-order valence-corrected chi connectivity index (χ0v) is 18.5. The van der Waals surface area contributed by atoms with E-state index >= 15 is 0 Å². The largest absolute Gasteiger partial charge is 0.488 e. The predicted molar refractivity (Wildman–Crippen MR) is 128 cm³/mol. The van der Waals surface area contributed by atoms with Crippen molar-refractivity contribution in [2.24, 2.45) is 5.92 Å². The third-order valence-electron chi connectivity index (χ3n) is 5.97. The second kappa shape index (κ2) is 11.4. The highest BCUT2D eigenvalue weighted by Crippen LogP contribution is 2.28. The van der Waals surface area contributed by atoms with Crippen LogP contribution in [-0.2, 0) is 18.0 Å². The second-order valence-electron chi connectivity index (χ2n) is 8.43. The van der Waals surface area contributed by atoms with Crippen LogP contribution in [0.1, 0.15) is 53.6 Å². The van der Waals surface area contributed by atoms with Crippen LogP contribution in [0.5, 0.6) is 5.75 Å². The van der Waals surface area contributed by atoms with Crippen LogP contribution in [-0.4, -0.2) is 12.5 Å². The summed E-state index contributed by atoms with van der Waals surface area (Å²) in [5.74, 6) is 0.879. The number of ether oxygens (including phenoxy) is 2. The minimum atomic E-state index is -0.379. The van der Waals surface area contributed by atoms with Crippen LogP contribution >= 0.6 is 0 Å². The zero-order valence-electron chi connectivity index (χ0n) is 18.5. The highest BCUT2D eigenvalue weighted by atomic mass is 16.5. The van der Waals surface area contributed by atoms with Crippen molar-refractivity contribution < 1.29 is 14.3 Å². The number of rotatable bonds is 9. The Bertz CT molecular complexity index is 982. The number of esters is 1. The standard InChI is InChI=1S/C28H31NO3/c30-28(32-21-24-14-8-3-9-15-24)26-17-16-25(29-19-22-10-4-1-5-11-22)18-27(26)31-20-23-12-6-2-7-13-23/h2-3,6-9,12-18,22,29H,1,4-5,10-11,19-21H2. The molecule has 32 heavy (non-hydrogen) atoms. The molecule has 0 aromatic heterocycles. The summed E-state index contributed by atoms with van der Waals surface area (Å²) in [5, 5.41) is 3.54. The maximum atomic E-state index is 12.8. The Morgan fingerprint density at radius 1 is 0.812 bits per heavy atom. The molecule has 0 amide bonds. The number of nitrogens with one attached hydrogen (secondary N) is 1. The Morgan fingerprint density at radius 2 is 1.47 bits per heavy atom. The van der Waals surface area contributed by atoms with E-state index in [0.717, 1.165) is 23.4 Å². The van der Waals surface area contributed by atoms with Crippen LogP contribution in [0.2, 0.25) is 0 Å². The van der Waals surface area contributed by atoms with Gasteiger partial charge in [-0.1, -0.05) is 79.9 Å². The quantitative estimate of drug-likeness (QED) is 0.389. The van der Waals surface area contributed by atoms with Gasteiger partial charge in [-0.2, -0.15) is 0 Å². The molecule has 4 nitrogen and oxygen atoms in total. The number of hydrogen-bond acceptors (Lipinski definition) is 4. The number of carbonyl (C=O) groups is 1. The van der Waals surface area contributed by atoms with Crippen molar-refractivity contribution in [3.63, 3.8) is 0 Å². The summed E-state index contributed by atoms with van der Waals surface area (Å²) in [6.45, 7) is 1.58. The summed E-state index contributed by atoms with van der Waals surface area (Å²) in [7, 11) is 0. The molecule has 3 aromatic rings. The molecular weight excluding hydrogens is 398 g/mol. The first-order valence-electron chi connectivity index (χ1n) is 11.5. The summed E-state index contributed by atoms with van der Waals surface area (Å²) in [4.78, 5) is 12.8. The van der Waals surface area contributed by atoms with Gasteiger partial charge in [0.2, 0.25) is 0 Å². The van der Waals surface area contributed by atoms with Crippen LogP contribution in [0, 0.1) is 5.92 Å². The molecule has 0 radical (unpaired) electrons. The highest BCUT2D eigenvalue weighted by molar-refractivity contribution is 5.93. The van der Waals surface area contributed by atoms with Crippen molar-refractivity contribution >= 4 is 11.7 Å². The van der Waals surface area contributed by atoms with E-state index in [2.05, 4.69) is 5.32 Å². The van der Waals surface area contributed by atoms with E-state index < -0.39 is 0 Å². The van der Waals surface area contributed by atoms with Gasteiger partial charge in [0.25, 0.3) is 0 Å². The maximum Gasteiger partial charge on any atom is 0.342 e. The van der Waals surface area contributed by atoms with E-state index in [-0.39, 0.29) is 12.6 Å². The molecule has 1 aliphatic rings. The average molecular weight is 430 g/mol. The molecule has 0 saturated heterocycles. The summed E-state index contributed by atoms with van der Waals surface area (Å²) < 4.78 is 11.7. The van der Waals surface area contributed by atoms with Crippen LogP contribution in [0.3, 0.4) is 0 Å². The average Bonchev–Trinajstić information content (AvgIpc) is 2.86. The molecule has 0 atom stereocenters. The van der Waals surface area contributed by atoms with Crippen LogP contribution in [0.4, 0.5) is 5.69 Å². The van der Waals surface area contributed by atoms with Crippen LogP contribution < -0.4 is 10.1 Å². The van der Waals surface area contributed by atoms with E-state index in [1.54, 1.807) is 6.07 Å². The van der Waals surface area contributed by atoms with Crippen molar-refractivity contribution in [2.75, 3.05) is 11.9 Å². The first-order valence-corrected chi connectivity index (χ1v) is 11.5. The molecule has 4 rings (SSSR count). The predicted octanol–water partition coefficient (Wildman–Crippen LogP) is 6.61. The van der Waals surface area contributed by atoms with E-state index in [1.165, 1.54) is 32.1 Å². The molecule has 4 heteroatoms. The first-order chi connectivity index (χ1) is 15.8. The van der Waals surface area contributed by atoms with Crippen LogP contribution in [0.15, 0.2) is 78.9 Å². The van der Waals surface area contributed by atoms with E-state index in [1.807, 2.05) is 72.8 Å². The molecule has 3 aromatic carbocycles.